The molecule has 17 heavy (non-hydrogen) atoms. The average Bonchev–Trinajstić information content (AvgIpc) is 3.01. The lowest BCUT2D eigenvalue weighted by atomic mass is 10.0. The van der Waals surface area contributed by atoms with Gasteiger partial charge in [0, 0.05) is 25.0 Å². The van der Waals surface area contributed by atoms with Gasteiger partial charge in [-0.3, -0.25) is 4.79 Å². The molecule has 1 aliphatic rings. The van der Waals surface area contributed by atoms with Crippen LogP contribution >= 0.6 is 0 Å². The highest BCUT2D eigenvalue weighted by Gasteiger charge is 2.33. The standard InChI is InChI=1S/C13H21N3O/c1-2-10(9-14)13(17)16-8-4-6-12(16)11-5-3-7-15-11/h3,5,7,10,12,15H,2,4,6,8-9,14H2,1H3. The number of nitrogens with zero attached hydrogens (tertiary/aromatic N) is 1. The van der Waals surface area contributed by atoms with Gasteiger partial charge in [0.25, 0.3) is 0 Å². The third-order valence-corrected chi connectivity index (χ3v) is 3.64. The summed E-state index contributed by atoms with van der Waals surface area (Å²) in [5.74, 6) is 0.192. The lowest BCUT2D eigenvalue weighted by Crippen LogP contribution is -2.38. The number of rotatable bonds is 4. The van der Waals surface area contributed by atoms with E-state index in [1.807, 2.05) is 24.1 Å². The van der Waals surface area contributed by atoms with Crippen LogP contribution in [-0.2, 0) is 4.79 Å². The van der Waals surface area contributed by atoms with Gasteiger partial charge in [0.05, 0.1) is 12.0 Å². The number of aromatic amines is 1. The molecule has 0 radical (unpaired) electrons. The molecule has 4 nitrogen and oxygen atoms in total. The van der Waals surface area contributed by atoms with E-state index in [1.54, 1.807) is 0 Å². The van der Waals surface area contributed by atoms with Crippen molar-refractivity contribution in [1.29, 1.82) is 0 Å². The van der Waals surface area contributed by atoms with E-state index in [0.29, 0.717) is 6.54 Å². The van der Waals surface area contributed by atoms with Gasteiger partial charge in [-0.1, -0.05) is 6.92 Å². The fourth-order valence-corrected chi connectivity index (χ4v) is 2.58. The van der Waals surface area contributed by atoms with Crippen molar-refractivity contribution in [3.05, 3.63) is 24.0 Å². The Morgan fingerprint density at radius 1 is 1.71 bits per heavy atom. The first-order valence-corrected chi connectivity index (χ1v) is 6.41. The number of nitrogens with one attached hydrogen (secondary N) is 1. The van der Waals surface area contributed by atoms with Crippen LogP contribution in [-0.4, -0.2) is 28.9 Å². The summed E-state index contributed by atoms with van der Waals surface area (Å²) in [6.07, 6.45) is 4.86. The number of aromatic nitrogens is 1. The van der Waals surface area contributed by atoms with Gasteiger partial charge in [0.1, 0.15) is 0 Å². The maximum absolute atomic E-state index is 12.3. The first kappa shape index (κ1) is 12.2. The van der Waals surface area contributed by atoms with Crippen LogP contribution in [0.15, 0.2) is 18.3 Å². The Morgan fingerprint density at radius 2 is 2.53 bits per heavy atom. The number of H-pyrrole nitrogens is 1. The maximum Gasteiger partial charge on any atom is 0.227 e. The zero-order valence-corrected chi connectivity index (χ0v) is 10.4. The minimum Gasteiger partial charge on any atom is -0.363 e. The first-order valence-electron chi connectivity index (χ1n) is 6.41. The molecular weight excluding hydrogens is 214 g/mol. The van der Waals surface area contributed by atoms with Crippen molar-refractivity contribution in [2.24, 2.45) is 11.7 Å². The Bertz CT molecular complexity index is 357. The Balaban J connectivity index is 2.12. The quantitative estimate of drug-likeness (QED) is 0.833. The minimum absolute atomic E-state index is 0.0226. The molecule has 4 heteroatoms. The summed E-state index contributed by atoms with van der Waals surface area (Å²) in [6, 6.07) is 4.26. The molecule has 1 aliphatic heterocycles. The number of amides is 1. The molecule has 0 bridgehead atoms. The molecule has 2 atom stereocenters. The second kappa shape index (κ2) is 5.36. The topological polar surface area (TPSA) is 62.1 Å². The highest BCUT2D eigenvalue weighted by Crippen LogP contribution is 2.32. The van der Waals surface area contributed by atoms with Crippen molar-refractivity contribution in [2.45, 2.75) is 32.2 Å². The Kier molecular flexibility index (Phi) is 3.84. The second-order valence-electron chi connectivity index (χ2n) is 4.66. The van der Waals surface area contributed by atoms with Crippen molar-refractivity contribution in [3.63, 3.8) is 0 Å². The summed E-state index contributed by atoms with van der Waals surface area (Å²) in [4.78, 5) is 17.6. The molecule has 94 valence electrons. The summed E-state index contributed by atoms with van der Waals surface area (Å²) in [7, 11) is 0. The Labute approximate surface area is 102 Å². The number of hydrogen-bond acceptors (Lipinski definition) is 2. The van der Waals surface area contributed by atoms with Gasteiger partial charge in [-0.25, -0.2) is 0 Å². The van der Waals surface area contributed by atoms with E-state index in [1.165, 1.54) is 0 Å². The van der Waals surface area contributed by atoms with Crippen LogP contribution < -0.4 is 5.73 Å². The van der Waals surface area contributed by atoms with Crippen LogP contribution in [0.2, 0.25) is 0 Å². The summed E-state index contributed by atoms with van der Waals surface area (Å²) < 4.78 is 0. The van der Waals surface area contributed by atoms with Gasteiger partial charge in [-0.15, -0.1) is 0 Å². The van der Waals surface area contributed by atoms with Crippen LogP contribution in [0.1, 0.15) is 37.9 Å². The normalized spacial score (nSPS) is 21.8. The number of likely N-dealkylation sites (tertiary alicyclic amines) is 1. The number of hydrogen-bond donors (Lipinski definition) is 2. The van der Waals surface area contributed by atoms with E-state index >= 15 is 0 Å². The SMILES string of the molecule is CCC(CN)C(=O)N1CCCC1c1ccc[nH]1. The van der Waals surface area contributed by atoms with Gasteiger partial charge in [-0.05, 0) is 31.4 Å². The maximum atomic E-state index is 12.3. The van der Waals surface area contributed by atoms with Crippen molar-refractivity contribution in [3.8, 4) is 0 Å². The molecule has 2 heterocycles. The second-order valence-corrected chi connectivity index (χ2v) is 4.66. The molecule has 0 spiro atoms. The van der Waals surface area contributed by atoms with Crippen LogP contribution in [0.3, 0.4) is 0 Å². The van der Waals surface area contributed by atoms with E-state index < -0.39 is 0 Å². The van der Waals surface area contributed by atoms with E-state index in [0.717, 1.165) is 31.5 Å². The molecule has 3 N–H and O–H groups in total. The lowest BCUT2D eigenvalue weighted by molar-refractivity contribution is -0.136. The van der Waals surface area contributed by atoms with Gasteiger partial charge in [0.15, 0.2) is 0 Å². The van der Waals surface area contributed by atoms with Gasteiger partial charge < -0.3 is 15.6 Å². The number of carbonyl (C=O) groups excluding carboxylic acids is 1. The van der Waals surface area contributed by atoms with Crippen molar-refractivity contribution < 1.29 is 4.79 Å². The summed E-state index contributed by atoms with van der Waals surface area (Å²) in [6.45, 7) is 3.33. The third-order valence-electron chi connectivity index (χ3n) is 3.64. The zero-order chi connectivity index (χ0) is 12.3. The third kappa shape index (κ3) is 2.36. The summed E-state index contributed by atoms with van der Waals surface area (Å²) in [5.41, 5.74) is 6.80. The molecule has 1 fully saturated rings. The lowest BCUT2D eigenvalue weighted by Gasteiger charge is -2.27. The fourth-order valence-electron chi connectivity index (χ4n) is 2.58. The number of nitrogens with two attached hydrogens (primary N) is 1. The minimum atomic E-state index is -0.0226. The molecule has 0 aliphatic carbocycles. The highest BCUT2D eigenvalue weighted by atomic mass is 16.2. The van der Waals surface area contributed by atoms with Crippen molar-refractivity contribution in [2.75, 3.05) is 13.1 Å². The largest absolute Gasteiger partial charge is 0.363 e. The smallest absolute Gasteiger partial charge is 0.227 e. The molecule has 0 saturated carbocycles. The van der Waals surface area contributed by atoms with E-state index in [2.05, 4.69) is 11.1 Å². The fraction of sp³-hybridized carbons (Fsp3) is 0.615. The van der Waals surface area contributed by atoms with Crippen molar-refractivity contribution in [1.82, 2.24) is 9.88 Å². The van der Waals surface area contributed by atoms with Crippen LogP contribution in [0.25, 0.3) is 0 Å². The predicted molar refractivity (Wildman–Crippen MR) is 67.3 cm³/mol. The highest BCUT2D eigenvalue weighted by molar-refractivity contribution is 5.79. The summed E-state index contributed by atoms with van der Waals surface area (Å²) >= 11 is 0. The Morgan fingerprint density at radius 3 is 3.12 bits per heavy atom. The summed E-state index contributed by atoms with van der Waals surface area (Å²) in [5, 5.41) is 0. The van der Waals surface area contributed by atoms with Gasteiger partial charge in [0.2, 0.25) is 5.91 Å². The molecular formula is C13H21N3O. The van der Waals surface area contributed by atoms with E-state index in [-0.39, 0.29) is 17.9 Å². The molecule has 1 aromatic rings. The molecule has 2 unspecified atom stereocenters. The van der Waals surface area contributed by atoms with Crippen LogP contribution in [0.4, 0.5) is 0 Å². The monoisotopic (exact) mass is 235 g/mol. The average molecular weight is 235 g/mol. The van der Waals surface area contributed by atoms with E-state index in [4.69, 9.17) is 5.73 Å². The molecule has 1 saturated heterocycles. The van der Waals surface area contributed by atoms with Gasteiger partial charge in [-0.2, -0.15) is 0 Å². The van der Waals surface area contributed by atoms with Crippen molar-refractivity contribution >= 4 is 5.91 Å². The van der Waals surface area contributed by atoms with Crippen LogP contribution in [0, 0.1) is 5.92 Å². The molecule has 0 aromatic carbocycles. The molecule has 1 aromatic heterocycles. The zero-order valence-electron chi connectivity index (χ0n) is 10.4. The van der Waals surface area contributed by atoms with E-state index in [9.17, 15) is 4.79 Å². The van der Waals surface area contributed by atoms with Crippen LogP contribution in [0.5, 0.6) is 0 Å². The predicted octanol–water partition coefficient (Wildman–Crippen LogP) is 1.66. The molecule has 2 rings (SSSR count). The Hall–Kier alpha value is -1.29. The first-order chi connectivity index (χ1) is 8.27. The number of carbonyl (C=O) groups is 1. The molecule has 1 amide bonds. The van der Waals surface area contributed by atoms with Gasteiger partial charge >= 0.3 is 0 Å².